The second kappa shape index (κ2) is 4.46. The lowest BCUT2D eigenvalue weighted by molar-refractivity contribution is 1.28. The molecule has 0 amide bonds. The van der Waals surface area contributed by atoms with Gasteiger partial charge < -0.3 is 5.73 Å². The van der Waals surface area contributed by atoms with Gasteiger partial charge in [0.1, 0.15) is 0 Å². The highest BCUT2D eigenvalue weighted by molar-refractivity contribution is 5.61. The van der Waals surface area contributed by atoms with Crippen LogP contribution in [0.4, 0.5) is 5.69 Å². The van der Waals surface area contributed by atoms with Gasteiger partial charge in [-0.3, -0.25) is 5.43 Å². The second-order valence-corrected chi connectivity index (χ2v) is 2.03. The Morgan fingerprint density at radius 3 is 2.73 bits per heavy atom. The largest absolute Gasteiger partial charge is 0.326 e. The van der Waals surface area contributed by atoms with Crippen LogP contribution in [0, 0.1) is 0 Å². The Morgan fingerprint density at radius 1 is 1.36 bits per heavy atom. The van der Waals surface area contributed by atoms with E-state index in [-0.39, 0.29) is 0 Å². The SMILES string of the molecule is NC/C=N/Nc1ccccc1. The van der Waals surface area contributed by atoms with Gasteiger partial charge in [0, 0.05) is 12.8 Å². The van der Waals surface area contributed by atoms with Crippen LogP contribution in [0.15, 0.2) is 35.4 Å². The highest BCUT2D eigenvalue weighted by Gasteiger charge is 1.82. The maximum atomic E-state index is 5.20. The Kier molecular flexibility index (Phi) is 3.15. The van der Waals surface area contributed by atoms with Crippen molar-refractivity contribution in [2.75, 3.05) is 12.0 Å². The van der Waals surface area contributed by atoms with Crippen LogP contribution in [0.1, 0.15) is 0 Å². The first-order valence-electron chi connectivity index (χ1n) is 3.46. The van der Waals surface area contributed by atoms with Crippen LogP contribution in [-0.2, 0) is 0 Å². The number of hydrogen-bond donors (Lipinski definition) is 2. The van der Waals surface area contributed by atoms with E-state index in [0.29, 0.717) is 6.54 Å². The molecule has 0 aliphatic carbocycles. The van der Waals surface area contributed by atoms with Crippen LogP contribution < -0.4 is 11.2 Å². The Labute approximate surface area is 65.9 Å². The lowest BCUT2D eigenvalue weighted by Crippen LogP contribution is -2.01. The van der Waals surface area contributed by atoms with E-state index in [1.165, 1.54) is 0 Å². The molecule has 1 aromatic rings. The number of nitrogens with zero attached hydrogens (tertiary/aromatic N) is 1. The first-order valence-corrected chi connectivity index (χ1v) is 3.46. The Bertz CT molecular complexity index is 218. The van der Waals surface area contributed by atoms with Crippen molar-refractivity contribution >= 4 is 11.9 Å². The van der Waals surface area contributed by atoms with Crippen molar-refractivity contribution in [1.29, 1.82) is 0 Å². The maximum absolute atomic E-state index is 5.20. The van der Waals surface area contributed by atoms with Crippen LogP contribution in [0.2, 0.25) is 0 Å². The summed E-state index contributed by atoms with van der Waals surface area (Å²) in [6.45, 7) is 0.458. The lowest BCUT2D eigenvalue weighted by atomic mass is 10.3. The number of para-hydroxylation sites is 1. The number of nitrogens with one attached hydrogen (secondary N) is 1. The van der Waals surface area contributed by atoms with Crippen LogP contribution in [0.5, 0.6) is 0 Å². The van der Waals surface area contributed by atoms with E-state index in [4.69, 9.17) is 5.73 Å². The molecule has 58 valence electrons. The Morgan fingerprint density at radius 2 is 2.09 bits per heavy atom. The molecule has 0 atom stereocenters. The molecule has 0 spiro atoms. The molecule has 0 aliphatic heterocycles. The highest BCUT2D eigenvalue weighted by Crippen LogP contribution is 2.03. The minimum Gasteiger partial charge on any atom is -0.326 e. The molecule has 0 saturated heterocycles. The molecule has 0 aromatic heterocycles. The predicted molar refractivity (Wildman–Crippen MR) is 47.6 cm³/mol. The smallest absolute Gasteiger partial charge is 0.0561 e. The molecule has 0 saturated carbocycles. The van der Waals surface area contributed by atoms with E-state index in [9.17, 15) is 0 Å². The van der Waals surface area contributed by atoms with Gasteiger partial charge in [0.05, 0.1) is 5.69 Å². The number of hydrazone groups is 1. The van der Waals surface area contributed by atoms with Crippen LogP contribution in [0.3, 0.4) is 0 Å². The number of hydrogen-bond acceptors (Lipinski definition) is 3. The third-order valence-electron chi connectivity index (χ3n) is 1.16. The fourth-order valence-corrected chi connectivity index (χ4v) is 0.686. The van der Waals surface area contributed by atoms with Crippen LogP contribution >= 0.6 is 0 Å². The van der Waals surface area contributed by atoms with E-state index in [0.717, 1.165) is 5.69 Å². The van der Waals surface area contributed by atoms with E-state index >= 15 is 0 Å². The van der Waals surface area contributed by atoms with Crippen molar-refractivity contribution in [2.45, 2.75) is 0 Å². The monoisotopic (exact) mass is 149 g/mol. The third-order valence-corrected chi connectivity index (χ3v) is 1.16. The van der Waals surface area contributed by atoms with Crippen LogP contribution in [-0.4, -0.2) is 12.8 Å². The molecule has 0 radical (unpaired) electrons. The summed E-state index contributed by atoms with van der Waals surface area (Å²) >= 11 is 0. The van der Waals surface area contributed by atoms with Crippen molar-refractivity contribution in [1.82, 2.24) is 0 Å². The molecule has 0 unspecified atom stereocenters. The topological polar surface area (TPSA) is 50.4 Å². The number of rotatable bonds is 3. The minimum atomic E-state index is 0.458. The first kappa shape index (κ1) is 7.75. The average Bonchev–Trinajstić information content (AvgIpc) is 2.07. The minimum absolute atomic E-state index is 0.458. The van der Waals surface area contributed by atoms with Gasteiger partial charge in [0.25, 0.3) is 0 Å². The van der Waals surface area contributed by atoms with Gasteiger partial charge in [0.15, 0.2) is 0 Å². The fourth-order valence-electron chi connectivity index (χ4n) is 0.686. The van der Waals surface area contributed by atoms with E-state index in [2.05, 4.69) is 10.5 Å². The molecule has 3 nitrogen and oxygen atoms in total. The number of anilines is 1. The molecular formula is C8H11N3. The molecule has 11 heavy (non-hydrogen) atoms. The van der Waals surface area contributed by atoms with Crippen molar-refractivity contribution in [3.8, 4) is 0 Å². The normalized spacial score (nSPS) is 10.3. The van der Waals surface area contributed by atoms with Gasteiger partial charge >= 0.3 is 0 Å². The molecule has 0 fully saturated rings. The van der Waals surface area contributed by atoms with Crippen molar-refractivity contribution in [3.05, 3.63) is 30.3 Å². The standard InChI is InChI=1S/C8H11N3/c9-6-7-10-11-8-4-2-1-3-5-8/h1-5,7,11H,6,9H2/b10-7+. The van der Waals surface area contributed by atoms with Gasteiger partial charge in [-0.1, -0.05) is 18.2 Å². The molecule has 1 rings (SSSR count). The molecule has 0 heterocycles. The third kappa shape index (κ3) is 2.82. The van der Waals surface area contributed by atoms with Gasteiger partial charge in [-0.05, 0) is 12.1 Å². The quantitative estimate of drug-likeness (QED) is 0.498. The van der Waals surface area contributed by atoms with Gasteiger partial charge in [-0.2, -0.15) is 5.10 Å². The zero-order valence-corrected chi connectivity index (χ0v) is 6.20. The zero-order chi connectivity index (χ0) is 7.94. The van der Waals surface area contributed by atoms with Gasteiger partial charge in [0.2, 0.25) is 0 Å². The van der Waals surface area contributed by atoms with Gasteiger partial charge in [-0.15, -0.1) is 0 Å². The summed E-state index contributed by atoms with van der Waals surface area (Å²) in [5.41, 5.74) is 9.01. The molecule has 1 aromatic carbocycles. The zero-order valence-electron chi connectivity index (χ0n) is 6.20. The second-order valence-electron chi connectivity index (χ2n) is 2.03. The summed E-state index contributed by atoms with van der Waals surface area (Å²) in [6, 6.07) is 9.72. The summed E-state index contributed by atoms with van der Waals surface area (Å²) in [7, 11) is 0. The number of benzene rings is 1. The van der Waals surface area contributed by atoms with Crippen molar-refractivity contribution in [3.63, 3.8) is 0 Å². The summed E-state index contributed by atoms with van der Waals surface area (Å²) in [6.07, 6.45) is 1.62. The first-order chi connectivity index (χ1) is 5.43. The van der Waals surface area contributed by atoms with E-state index in [1.807, 2.05) is 30.3 Å². The van der Waals surface area contributed by atoms with Gasteiger partial charge in [-0.25, -0.2) is 0 Å². The molecule has 3 heteroatoms. The average molecular weight is 149 g/mol. The lowest BCUT2D eigenvalue weighted by Gasteiger charge is -1.96. The van der Waals surface area contributed by atoms with Crippen LogP contribution in [0.25, 0.3) is 0 Å². The summed E-state index contributed by atoms with van der Waals surface area (Å²) in [5, 5.41) is 3.86. The van der Waals surface area contributed by atoms with E-state index < -0.39 is 0 Å². The Balaban J connectivity index is 2.45. The Hall–Kier alpha value is -1.35. The number of nitrogens with two attached hydrogens (primary N) is 1. The predicted octanol–water partition coefficient (Wildman–Crippen LogP) is 1.04. The highest BCUT2D eigenvalue weighted by atomic mass is 15.3. The molecule has 0 aliphatic rings. The maximum Gasteiger partial charge on any atom is 0.0561 e. The van der Waals surface area contributed by atoms with E-state index in [1.54, 1.807) is 6.21 Å². The molecule has 3 N–H and O–H groups in total. The summed E-state index contributed by atoms with van der Waals surface area (Å²) in [4.78, 5) is 0. The molecule has 0 bridgehead atoms. The van der Waals surface area contributed by atoms with Crippen molar-refractivity contribution < 1.29 is 0 Å². The fraction of sp³-hybridized carbons (Fsp3) is 0.125. The van der Waals surface area contributed by atoms with Crippen molar-refractivity contribution in [2.24, 2.45) is 10.8 Å². The summed E-state index contributed by atoms with van der Waals surface area (Å²) in [5.74, 6) is 0. The summed E-state index contributed by atoms with van der Waals surface area (Å²) < 4.78 is 0. The molecular weight excluding hydrogens is 138 g/mol.